The van der Waals surface area contributed by atoms with E-state index in [1.807, 2.05) is 13.8 Å². The third-order valence-corrected chi connectivity index (χ3v) is 10.2. The van der Waals surface area contributed by atoms with Gasteiger partial charge in [0.15, 0.2) is 23.1 Å². The Hall–Kier alpha value is -4.31. The molecule has 3 aliphatic heterocycles. The van der Waals surface area contributed by atoms with E-state index in [-0.39, 0.29) is 87.9 Å². The summed E-state index contributed by atoms with van der Waals surface area (Å²) in [6, 6.07) is 6.22. The molecule has 0 aliphatic carbocycles. The summed E-state index contributed by atoms with van der Waals surface area (Å²) in [5, 5.41) is -0.874. The summed E-state index contributed by atoms with van der Waals surface area (Å²) in [4.78, 5) is 71.9. The second-order valence-electron chi connectivity index (χ2n) is 13.1. The van der Waals surface area contributed by atoms with E-state index in [1.165, 1.54) is 31.4 Å². The minimum atomic E-state index is -1.32. The lowest BCUT2D eigenvalue weighted by Crippen LogP contribution is -2.68. The van der Waals surface area contributed by atoms with Gasteiger partial charge in [-0.25, -0.2) is 18.0 Å². The molecule has 2 aromatic carbocycles. The number of halogens is 3. The van der Waals surface area contributed by atoms with Gasteiger partial charge < -0.3 is 34.8 Å². The SMILES string of the molecule is CCOC(=O)[C@H](Oc1ccc(CN2CC(=O)N3CCN(C(=O)C4SCCN4C(=O)C[C@H](N)Cc4cc(F)c(F)cc4F)CC3C2=O)cc1)C(C)C. The summed E-state index contributed by atoms with van der Waals surface area (Å²) in [6.07, 6.45) is -1.24. The first kappa shape index (κ1) is 37.9. The van der Waals surface area contributed by atoms with Crippen molar-refractivity contribution in [2.45, 2.75) is 63.7 Å². The van der Waals surface area contributed by atoms with Gasteiger partial charge in [0.25, 0.3) is 5.91 Å². The van der Waals surface area contributed by atoms with Gasteiger partial charge in [0.1, 0.15) is 24.2 Å². The fourth-order valence-corrected chi connectivity index (χ4v) is 7.61. The van der Waals surface area contributed by atoms with Crippen LogP contribution < -0.4 is 10.5 Å². The van der Waals surface area contributed by atoms with Crippen LogP contribution in [0, 0.1) is 23.4 Å². The Morgan fingerprint density at radius 2 is 1.71 bits per heavy atom. The molecule has 0 bridgehead atoms. The lowest BCUT2D eigenvalue weighted by Gasteiger charge is -2.46. The molecular weight excluding hydrogens is 691 g/mol. The fourth-order valence-electron chi connectivity index (χ4n) is 6.39. The van der Waals surface area contributed by atoms with Crippen LogP contribution in [0.3, 0.4) is 0 Å². The van der Waals surface area contributed by atoms with Crippen molar-refractivity contribution in [3.8, 4) is 5.75 Å². The monoisotopic (exact) mass is 733 g/mol. The molecule has 2 unspecified atom stereocenters. The van der Waals surface area contributed by atoms with E-state index in [0.717, 1.165) is 5.56 Å². The summed E-state index contributed by atoms with van der Waals surface area (Å²) in [7, 11) is 0. The molecular formula is C35H42F3N5O7S. The van der Waals surface area contributed by atoms with E-state index in [1.54, 1.807) is 31.2 Å². The molecule has 3 aliphatic rings. The quantitative estimate of drug-likeness (QED) is 0.257. The number of carbonyl (C=O) groups excluding carboxylic acids is 5. The average Bonchev–Trinajstić information content (AvgIpc) is 3.59. The van der Waals surface area contributed by atoms with Crippen molar-refractivity contribution >= 4 is 41.4 Å². The molecule has 4 atom stereocenters. The highest BCUT2D eigenvalue weighted by atomic mass is 32.2. The fraction of sp³-hybridized carbons (Fsp3) is 0.514. The second-order valence-corrected chi connectivity index (χ2v) is 14.3. The molecule has 0 radical (unpaired) electrons. The number of fused-ring (bicyclic) bond motifs is 1. The molecule has 0 spiro atoms. The Kier molecular flexibility index (Phi) is 12.2. The first-order chi connectivity index (χ1) is 24.3. The molecule has 3 heterocycles. The first-order valence-electron chi connectivity index (χ1n) is 16.9. The summed E-state index contributed by atoms with van der Waals surface area (Å²) in [5.41, 5.74) is 6.67. The van der Waals surface area contributed by atoms with E-state index in [9.17, 15) is 37.1 Å². The molecule has 0 aromatic heterocycles. The third-order valence-electron chi connectivity index (χ3n) is 9.05. The van der Waals surface area contributed by atoms with Crippen LogP contribution >= 0.6 is 11.8 Å². The number of amides is 4. The smallest absolute Gasteiger partial charge is 0.347 e. The van der Waals surface area contributed by atoms with Gasteiger partial charge in [0.2, 0.25) is 17.7 Å². The number of ether oxygens (including phenoxy) is 2. The summed E-state index contributed by atoms with van der Waals surface area (Å²) < 4.78 is 52.1. The van der Waals surface area contributed by atoms with Gasteiger partial charge >= 0.3 is 5.97 Å². The number of benzene rings is 2. The zero-order chi connectivity index (χ0) is 37.0. The minimum absolute atomic E-state index is 0.0366. The van der Waals surface area contributed by atoms with Crippen LogP contribution in [-0.4, -0.2) is 118 Å². The van der Waals surface area contributed by atoms with E-state index < -0.39 is 52.9 Å². The van der Waals surface area contributed by atoms with Crippen LogP contribution in [0.15, 0.2) is 36.4 Å². The van der Waals surface area contributed by atoms with Crippen molar-refractivity contribution in [1.82, 2.24) is 19.6 Å². The lowest BCUT2D eigenvalue weighted by molar-refractivity contribution is -0.162. The van der Waals surface area contributed by atoms with E-state index >= 15 is 0 Å². The van der Waals surface area contributed by atoms with Gasteiger partial charge in [0, 0.05) is 56.4 Å². The van der Waals surface area contributed by atoms with Crippen molar-refractivity contribution in [1.29, 1.82) is 0 Å². The van der Waals surface area contributed by atoms with Crippen LogP contribution in [0.4, 0.5) is 13.2 Å². The Bertz CT molecular complexity index is 1650. The van der Waals surface area contributed by atoms with Crippen LogP contribution in [0.1, 0.15) is 38.3 Å². The summed E-state index contributed by atoms with van der Waals surface area (Å²) in [6.45, 7) is 6.27. The number of hydrogen-bond acceptors (Lipinski definition) is 9. The van der Waals surface area contributed by atoms with Crippen molar-refractivity contribution < 1.29 is 46.6 Å². The summed E-state index contributed by atoms with van der Waals surface area (Å²) in [5.74, 6) is -4.52. The van der Waals surface area contributed by atoms with Crippen LogP contribution in [0.25, 0.3) is 0 Å². The van der Waals surface area contributed by atoms with E-state index in [0.29, 0.717) is 23.6 Å². The predicted molar refractivity (Wildman–Crippen MR) is 180 cm³/mol. The zero-order valence-corrected chi connectivity index (χ0v) is 29.5. The largest absolute Gasteiger partial charge is 0.478 e. The Morgan fingerprint density at radius 3 is 2.39 bits per heavy atom. The van der Waals surface area contributed by atoms with Crippen molar-refractivity contribution in [2.75, 3.05) is 45.1 Å². The molecule has 12 nitrogen and oxygen atoms in total. The Morgan fingerprint density at radius 1 is 1.00 bits per heavy atom. The van der Waals surface area contributed by atoms with Crippen molar-refractivity contribution in [3.05, 3.63) is 65.0 Å². The third kappa shape index (κ3) is 8.78. The Labute approximate surface area is 298 Å². The number of nitrogens with two attached hydrogens (primary N) is 1. The predicted octanol–water partition coefficient (Wildman–Crippen LogP) is 2.31. The van der Waals surface area contributed by atoms with Crippen LogP contribution in [0.2, 0.25) is 0 Å². The van der Waals surface area contributed by atoms with E-state index in [4.69, 9.17) is 15.2 Å². The molecule has 0 saturated carbocycles. The van der Waals surface area contributed by atoms with Gasteiger partial charge in [-0.3, -0.25) is 19.2 Å². The average molecular weight is 734 g/mol. The van der Waals surface area contributed by atoms with Crippen LogP contribution in [-0.2, 0) is 41.7 Å². The number of hydrogen-bond donors (Lipinski definition) is 1. The molecule has 16 heteroatoms. The maximum absolute atomic E-state index is 14.1. The summed E-state index contributed by atoms with van der Waals surface area (Å²) >= 11 is 1.27. The molecule has 2 N–H and O–H groups in total. The maximum Gasteiger partial charge on any atom is 0.347 e. The van der Waals surface area contributed by atoms with Crippen molar-refractivity contribution in [2.24, 2.45) is 11.7 Å². The number of thioether (sulfide) groups is 1. The highest BCUT2D eigenvalue weighted by Crippen LogP contribution is 2.29. The van der Waals surface area contributed by atoms with Crippen LogP contribution in [0.5, 0.6) is 5.75 Å². The Balaban J connectivity index is 1.18. The van der Waals surface area contributed by atoms with Crippen molar-refractivity contribution in [3.63, 3.8) is 0 Å². The topological polar surface area (TPSA) is 143 Å². The van der Waals surface area contributed by atoms with Gasteiger partial charge in [-0.15, -0.1) is 11.8 Å². The minimum Gasteiger partial charge on any atom is -0.478 e. The molecule has 276 valence electrons. The molecule has 5 rings (SSSR count). The van der Waals surface area contributed by atoms with Gasteiger partial charge in [0.05, 0.1) is 13.2 Å². The molecule has 2 aromatic rings. The number of carbonyl (C=O) groups is 5. The molecule has 3 saturated heterocycles. The molecule has 51 heavy (non-hydrogen) atoms. The van der Waals surface area contributed by atoms with E-state index in [2.05, 4.69) is 0 Å². The highest BCUT2D eigenvalue weighted by molar-refractivity contribution is 8.00. The lowest BCUT2D eigenvalue weighted by atomic mass is 10.0. The van der Waals surface area contributed by atoms with Gasteiger partial charge in [-0.1, -0.05) is 26.0 Å². The molecule has 3 fully saturated rings. The van der Waals surface area contributed by atoms with Gasteiger partial charge in [-0.2, -0.15) is 0 Å². The maximum atomic E-state index is 14.1. The first-order valence-corrected chi connectivity index (χ1v) is 17.9. The zero-order valence-electron chi connectivity index (χ0n) is 28.7. The normalized spacial score (nSPS) is 20.4. The number of piperazine rings is 2. The number of nitrogens with zero attached hydrogens (tertiary/aromatic N) is 4. The highest BCUT2D eigenvalue weighted by Gasteiger charge is 2.46. The van der Waals surface area contributed by atoms with Gasteiger partial charge in [-0.05, 0) is 42.7 Å². The second kappa shape index (κ2) is 16.4. The molecule has 4 amide bonds. The standard InChI is InChI=1S/C35H42F3N5O7S/c1-4-49-35(48)31(20(2)3)50-24-7-5-21(6-8-24)17-41-19-30(45)42-10-9-40(18-28(42)32(41)46)33(47)34-43(11-12-51-34)29(44)15-23(39)13-22-14-26(37)27(38)16-25(22)36/h5-8,14,16,20,23,28,31,34H,4,9-13,15,17-19,39H2,1-3H3/t23-,28?,31-,34?/m1/s1. The number of esters is 1. The number of rotatable bonds is 12.